The van der Waals surface area contributed by atoms with Crippen molar-refractivity contribution in [2.45, 2.75) is 0 Å². The number of rotatable bonds is 3. The molecule has 0 aliphatic carbocycles. The van der Waals surface area contributed by atoms with E-state index in [1.165, 1.54) is 49.6 Å². The van der Waals surface area contributed by atoms with Crippen LogP contribution in [0.1, 0.15) is 15.9 Å². The summed E-state index contributed by atoms with van der Waals surface area (Å²) in [6, 6.07) is 9.60. The van der Waals surface area contributed by atoms with E-state index in [1.807, 2.05) is 0 Å². The number of aromatic hydroxyl groups is 1. The maximum Gasteiger partial charge on any atom is 0.193 e. The number of phenolic OH excluding ortho intramolecular Hbond substituents is 1. The fourth-order valence-corrected chi connectivity index (χ4v) is 1.59. The molecule has 0 bridgehead atoms. The molecule has 0 aliphatic rings. The average Bonchev–Trinajstić information content (AvgIpc) is 2.39. The van der Waals surface area contributed by atoms with E-state index in [9.17, 15) is 14.3 Å². The van der Waals surface area contributed by atoms with Gasteiger partial charge in [-0.3, -0.25) is 4.79 Å². The van der Waals surface area contributed by atoms with Crippen LogP contribution in [0.15, 0.2) is 42.5 Å². The number of halogens is 1. The molecule has 0 fully saturated rings. The van der Waals surface area contributed by atoms with Crippen LogP contribution >= 0.6 is 0 Å². The predicted molar refractivity (Wildman–Crippen MR) is 64.5 cm³/mol. The van der Waals surface area contributed by atoms with Crippen LogP contribution in [0.5, 0.6) is 11.5 Å². The zero-order chi connectivity index (χ0) is 13.1. The van der Waals surface area contributed by atoms with Crippen LogP contribution in [-0.4, -0.2) is 18.0 Å². The van der Waals surface area contributed by atoms with Crippen LogP contribution in [0.3, 0.4) is 0 Å². The number of ether oxygens (including phenoxy) is 1. The Morgan fingerprint density at radius 3 is 2.33 bits per heavy atom. The molecule has 0 saturated carbocycles. The van der Waals surface area contributed by atoms with E-state index >= 15 is 0 Å². The van der Waals surface area contributed by atoms with Crippen LogP contribution in [0.25, 0.3) is 0 Å². The van der Waals surface area contributed by atoms with Crippen LogP contribution in [0, 0.1) is 5.82 Å². The maximum absolute atomic E-state index is 12.8. The van der Waals surface area contributed by atoms with Gasteiger partial charge >= 0.3 is 0 Å². The van der Waals surface area contributed by atoms with Gasteiger partial charge in [0, 0.05) is 11.1 Å². The van der Waals surface area contributed by atoms with Crippen molar-refractivity contribution in [2.75, 3.05) is 7.11 Å². The van der Waals surface area contributed by atoms with E-state index in [0.717, 1.165) is 0 Å². The summed E-state index contributed by atoms with van der Waals surface area (Å²) in [6.45, 7) is 0. The second-order valence-electron chi connectivity index (χ2n) is 3.72. The Kier molecular flexibility index (Phi) is 3.28. The molecule has 92 valence electrons. The quantitative estimate of drug-likeness (QED) is 0.847. The first-order valence-corrected chi connectivity index (χ1v) is 5.29. The van der Waals surface area contributed by atoms with Crippen molar-refractivity contribution in [3.05, 3.63) is 59.4 Å². The molecule has 0 atom stereocenters. The Labute approximate surface area is 103 Å². The Bertz CT molecular complexity index is 576. The van der Waals surface area contributed by atoms with E-state index in [1.54, 1.807) is 0 Å². The van der Waals surface area contributed by atoms with Gasteiger partial charge in [-0.1, -0.05) is 0 Å². The molecule has 0 saturated heterocycles. The Morgan fingerprint density at radius 1 is 1.11 bits per heavy atom. The van der Waals surface area contributed by atoms with Crippen LogP contribution < -0.4 is 4.74 Å². The number of carbonyl (C=O) groups excluding carboxylic acids is 1. The number of ketones is 1. The number of carbonyl (C=O) groups is 1. The molecule has 2 rings (SSSR count). The van der Waals surface area contributed by atoms with Gasteiger partial charge in [-0.15, -0.1) is 0 Å². The van der Waals surface area contributed by atoms with Crippen molar-refractivity contribution in [3.63, 3.8) is 0 Å². The predicted octanol–water partition coefficient (Wildman–Crippen LogP) is 2.77. The molecule has 0 unspecified atom stereocenters. The van der Waals surface area contributed by atoms with E-state index < -0.39 is 5.82 Å². The lowest BCUT2D eigenvalue weighted by molar-refractivity contribution is 0.103. The van der Waals surface area contributed by atoms with E-state index in [2.05, 4.69) is 0 Å². The molecular formula is C14H11FO3. The Morgan fingerprint density at radius 2 is 1.72 bits per heavy atom. The lowest BCUT2D eigenvalue weighted by atomic mass is 10.0. The molecular weight excluding hydrogens is 235 g/mol. The smallest absolute Gasteiger partial charge is 0.193 e. The largest absolute Gasteiger partial charge is 0.504 e. The molecule has 0 amide bonds. The van der Waals surface area contributed by atoms with Gasteiger partial charge in [0.25, 0.3) is 0 Å². The van der Waals surface area contributed by atoms with Crippen LogP contribution in [0.4, 0.5) is 4.39 Å². The molecule has 0 spiro atoms. The molecule has 2 aromatic carbocycles. The van der Waals surface area contributed by atoms with Crippen molar-refractivity contribution < 1.29 is 19.0 Å². The number of hydrogen-bond acceptors (Lipinski definition) is 3. The minimum Gasteiger partial charge on any atom is -0.504 e. The third-order valence-electron chi connectivity index (χ3n) is 2.55. The van der Waals surface area contributed by atoms with Gasteiger partial charge in [0.05, 0.1) is 7.11 Å². The number of phenols is 1. The standard InChI is InChI=1S/C14H11FO3/c1-18-13-8-10(4-7-12(13)16)14(17)9-2-5-11(15)6-3-9/h2-8,16H,1H3. The molecule has 0 heterocycles. The highest BCUT2D eigenvalue weighted by molar-refractivity contribution is 6.09. The normalized spacial score (nSPS) is 10.1. The summed E-state index contributed by atoms with van der Waals surface area (Å²) in [7, 11) is 1.40. The maximum atomic E-state index is 12.8. The highest BCUT2D eigenvalue weighted by atomic mass is 19.1. The van der Waals surface area contributed by atoms with Crippen molar-refractivity contribution >= 4 is 5.78 Å². The first-order valence-electron chi connectivity index (χ1n) is 5.29. The van der Waals surface area contributed by atoms with Gasteiger partial charge in [0.15, 0.2) is 17.3 Å². The number of hydrogen-bond donors (Lipinski definition) is 1. The van der Waals surface area contributed by atoms with Crippen molar-refractivity contribution in [3.8, 4) is 11.5 Å². The monoisotopic (exact) mass is 246 g/mol. The summed E-state index contributed by atoms with van der Waals surface area (Å²) in [5.74, 6) is -0.459. The summed E-state index contributed by atoms with van der Waals surface area (Å²) in [4.78, 5) is 12.1. The third kappa shape index (κ3) is 2.32. The lowest BCUT2D eigenvalue weighted by Gasteiger charge is -2.06. The summed E-state index contributed by atoms with van der Waals surface area (Å²) < 4.78 is 17.7. The summed E-state index contributed by atoms with van der Waals surface area (Å²) >= 11 is 0. The first kappa shape index (κ1) is 12.1. The minimum atomic E-state index is -0.394. The van der Waals surface area contributed by atoms with Gasteiger partial charge in [-0.25, -0.2) is 4.39 Å². The van der Waals surface area contributed by atoms with Gasteiger partial charge in [-0.05, 0) is 42.5 Å². The first-order chi connectivity index (χ1) is 8.61. The minimum absolute atomic E-state index is 0.0341. The molecule has 2 aromatic rings. The Hall–Kier alpha value is -2.36. The fourth-order valence-electron chi connectivity index (χ4n) is 1.59. The number of methoxy groups -OCH3 is 1. The zero-order valence-electron chi connectivity index (χ0n) is 9.68. The fraction of sp³-hybridized carbons (Fsp3) is 0.0714. The molecule has 0 aliphatic heterocycles. The highest BCUT2D eigenvalue weighted by Crippen LogP contribution is 2.27. The topological polar surface area (TPSA) is 46.5 Å². The molecule has 4 heteroatoms. The Balaban J connectivity index is 2.37. The van der Waals surface area contributed by atoms with Crippen molar-refractivity contribution in [2.24, 2.45) is 0 Å². The van der Waals surface area contributed by atoms with Gasteiger partial charge in [-0.2, -0.15) is 0 Å². The molecule has 0 radical (unpaired) electrons. The molecule has 18 heavy (non-hydrogen) atoms. The lowest BCUT2D eigenvalue weighted by Crippen LogP contribution is -2.01. The number of benzene rings is 2. The van der Waals surface area contributed by atoms with Crippen LogP contribution in [0.2, 0.25) is 0 Å². The molecule has 0 aromatic heterocycles. The highest BCUT2D eigenvalue weighted by Gasteiger charge is 2.11. The van der Waals surface area contributed by atoms with Crippen LogP contribution in [-0.2, 0) is 0 Å². The summed E-state index contributed by atoms with van der Waals surface area (Å²) in [6.07, 6.45) is 0. The zero-order valence-corrected chi connectivity index (χ0v) is 9.68. The van der Waals surface area contributed by atoms with Crippen molar-refractivity contribution in [1.29, 1.82) is 0 Å². The molecule has 3 nitrogen and oxygen atoms in total. The van der Waals surface area contributed by atoms with E-state index in [0.29, 0.717) is 11.1 Å². The van der Waals surface area contributed by atoms with Gasteiger partial charge in [0.1, 0.15) is 5.82 Å². The summed E-state index contributed by atoms with van der Waals surface area (Å²) in [5.41, 5.74) is 0.750. The third-order valence-corrected chi connectivity index (χ3v) is 2.55. The second-order valence-corrected chi connectivity index (χ2v) is 3.72. The van der Waals surface area contributed by atoms with E-state index in [-0.39, 0.29) is 17.3 Å². The average molecular weight is 246 g/mol. The molecule has 1 N–H and O–H groups in total. The van der Waals surface area contributed by atoms with Gasteiger partial charge < -0.3 is 9.84 Å². The van der Waals surface area contributed by atoms with Crippen molar-refractivity contribution in [1.82, 2.24) is 0 Å². The summed E-state index contributed by atoms with van der Waals surface area (Å²) in [5, 5.41) is 9.44. The van der Waals surface area contributed by atoms with E-state index in [4.69, 9.17) is 4.74 Å². The van der Waals surface area contributed by atoms with Gasteiger partial charge in [0.2, 0.25) is 0 Å². The second kappa shape index (κ2) is 4.87. The SMILES string of the molecule is COc1cc(C(=O)c2ccc(F)cc2)ccc1O.